The monoisotopic (exact) mass is 799 g/mol. The van der Waals surface area contributed by atoms with Gasteiger partial charge in [0, 0.05) is 34.9 Å². The molecular weight excluding hydrogens is 758 g/mol. The van der Waals surface area contributed by atoms with Crippen molar-refractivity contribution in [3.63, 3.8) is 0 Å². The van der Waals surface area contributed by atoms with Crippen molar-refractivity contribution in [1.82, 2.24) is 4.98 Å². The summed E-state index contributed by atoms with van der Waals surface area (Å²) in [6.45, 7) is 20.1. The van der Waals surface area contributed by atoms with Gasteiger partial charge >= 0.3 is 53.7 Å². The Hall–Kier alpha value is -7.18. The molecule has 306 valence electrons. The van der Waals surface area contributed by atoms with Gasteiger partial charge in [0.2, 0.25) is 0 Å². The minimum atomic E-state index is -1.49. The van der Waals surface area contributed by atoms with Gasteiger partial charge in [0.25, 0.3) is 0 Å². The fourth-order valence-electron chi connectivity index (χ4n) is 3.43. The van der Waals surface area contributed by atoms with Crippen molar-refractivity contribution in [3.05, 3.63) is 104 Å². The second-order valence-corrected chi connectivity index (χ2v) is 11.3. The number of esters is 9. The van der Waals surface area contributed by atoms with Crippen LogP contribution in [0.4, 0.5) is 0 Å². The lowest BCUT2D eigenvalue weighted by molar-refractivity contribution is -0.148. The molecule has 1 rings (SSSR count). The van der Waals surface area contributed by atoms with Gasteiger partial charge in [0.15, 0.2) is 18.3 Å². The normalized spacial score (nSPS) is 11.6. The molecule has 0 spiro atoms. The average Bonchev–Trinajstić information content (AvgIpc) is 3.18. The largest absolute Gasteiger partial charge is 0.458 e. The maximum Gasteiger partial charge on any atom is 0.357 e. The number of carbonyl (C=O) groups is 9. The zero-order valence-corrected chi connectivity index (χ0v) is 31.4. The van der Waals surface area contributed by atoms with Crippen LogP contribution in [0.25, 0.3) is 0 Å². The van der Waals surface area contributed by atoms with Gasteiger partial charge in [0.05, 0.1) is 5.56 Å². The summed E-state index contributed by atoms with van der Waals surface area (Å²) in [5, 5.41) is 0. The Balaban J connectivity index is 3.69. The third-order valence-corrected chi connectivity index (χ3v) is 6.28. The Bertz CT molecular complexity index is 1590. The quantitative estimate of drug-likeness (QED) is 0.0825. The molecule has 0 saturated carbocycles. The predicted molar refractivity (Wildman–Crippen MR) is 193 cm³/mol. The third kappa shape index (κ3) is 18.1. The van der Waals surface area contributed by atoms with E-state index in [0.29, 0.717) is 0 Å². The van der Waals surface area contributed by atoms with E-state index in [-0.39, 0.29) is 16.7 Å². The van der Waals surface area contributed by atoms with Gasteiger partial charge in [-0.15, -0.1) is 0 Å². The number of hydrogen-bond acceptors (Lipinski definition) is 19. The molecule has 19 heteroatoms. The molecule has 0 fully saturated rings. The predicted octanol–water partition coefficient (Wildman–Crippen LogP) is 2.20. The maximum absolute atomic E-state index is 13.5. The van der Waals surface area contributed by atoms with Crippen LogP contribution in [-0.4, -0.2) is 117 Å². The fourth-order valence-corrected chi connectivity index (χ4v) is 3.43. The molecule has 19 nitrogen and oxygen atoms in total. The number of pyridine rings is 1. The smallest absolute Gasteiger partial charge is 0.357 e. The highest BCUT2D eigenvalue weighted by molar-refractivity contribution is 5.98. The lowest BCUT2D eigenvalue weighted by Crippen LogP contribution is -2.33. The van der Waals surface area contributed by atoms with Crippen molar-refractivity contribution in [3.8, 4) is 0 Å². The zero-order chi connectivity index (χ0) is 43.2. The lowest BCUT2D eigenvalue weighted by atomic mass is 10.1. The van der Waals surface area contributed by atoms with Crippen LogP contribution >= 0.6 is 0 Å². The molecule has 0 N–H and O–H groups in total. The Kier molecular flexibility index (Phi) is 20.4. The second kappa shape index (κ2) is 24.3. The van der Waals surface area contributed by atoms with Gasteiger partial charge in [0.1, 0.15) is 51.0 Å². The van der Waals surface area contributed by atoms with E-state index >= 15 is 0 Å². The van der Waals surface area contributed by atoms with Crippen LogP contribution in [0, 0.1) is 0 Å². The molecule has 0 aliphatic heterocycles. The molecule has 0 aromatic carbocycles. The van der Waals surface area contributed by atoms with Gasteiger partial charge in [-0.25, -0.2) is 48.1 Å². The van der Waals surface area contributed by atoms with Crippen LogP contribution in [0.3, 0.4) is 0 Å². The molecule has 1 heterocycles. The van der Waals surface area contributed by atoms with Gasteiger partial charge in [-0.2, -0.15) is 0 Å². The molecular formula is C38H41NO18. The van der Waals surface area contributed by atoms with Crippen molar-refractivity contribution >= 4 is 53.7 Å². The Morgan fingerprint density at radius 3 is 1.02 bits per heavy atom. The molecule has 0 amide bonds. The van der Waals surface area contributed by atoms with Crippen molar-refractivity contribution in [2.45, 2.75) is 39.1 Å². The first-order valence-electron chi connectivity index (χ1n) is 16.3. The summed E-state index contributed by atoms with van der Waals surface area (Å²) >= 11 is 0. The summed E-state index contributed by atoms with van der Waals surface area (Å²) in [6, 6.07) is 1.61. The average molecular weight is 800 g/mol. The highest BCUT2D eigenvalue weighted by atomic mass is 16.6. The minimum absolute atomic E-state index is 0.0116. The molecule has 3 unspecified atom stereocenters. The van der Waals surface area contributed by atoms with Crippen molar-refractivity contribution in [2.24, 2.45) is 0 Å². The lowest BCUT2D eigenvalue weighted by Gasteiger charge is -2.20. The first kappa shape index (κ1) is 47.8. The summed E-state index contributed by atoms with van der Waals surface area (Å²) in [5.41, 5.74) is -2.16. The summed E-state index contributed by atoms with van der Waals surface area (Å²) in [5.74, 6) is -9.48. The van der Waals surface area contributed by atoms with Crippen LogP contribution in [0.15, 0.2) is 86.6 Å². The Morgan fingerprint density at radius 2 is 0.754 bits per heavy atom. The van der Waals surface area contributed by atoms with E-state index in [0.717, 1.165) is 30.4 Å². The van der Waals surface area contributed by atoms with Gasteiger partial charge in [-0.05, 0) is 32.9 Å². The summed E-state index contributed by atoms with van der Waals surface area (Å²) in [7, 11) is 0. The highest BCUT2D eigenvalue weighted by Crippen LogP contribution is 2.15. The number of aromatic nitrogens is 1. The van der Waals surface area contributed by atoms with Crippen molar-refractivity contribution in [2.75, 3.05) is 39.6 Å². The van der Waals surface area contributed by atoms with Crippen LogP contribution < -0.4 is 0 Å². The molecule has 0 aliphatic rings. The molecule has 0 bridgehead atoms. The highest BCUT2D eigenvalue weighted by Gasteiger charge is 2.28. The second-order valence-electron chi connectivity index (χ2n) is 11.3. The van der Waals surface area contributed by atoms with E-state index in [4.69, 9.17) is 42.6 Å². The van der Waals surface area contributed by atoms with E-state index in [2.05, 4.69) is 44.5 Å². The van der Waals surface area contributed by atoms with Gasteiger partial charge in [-0.3, -0.25) is 0 Å². The number of carbonyl (C=O) groups excluding carboxylic acids is 9. The number of nitrogens with zero attached hydrogens (tertiary/aromatic N) is 1. The summed E-state index contributed by atoms with van der Waals surface area (Å²) in [4.78, 5) is 116. The number of rotatable bonds is 24. The molecule has 0 aliphatic carbocycles. The zero-order valence-electron chi connectivity index (χ0n) is 31.4. The summed E-state index contributed by atoms with van der Waals surface area (Å²) in [6.07, 6.45) is -2.02. The van der Waals surface area contributed by atoms with E-state index in [1.807, 2.05) is 0 Å². The molecule has 1 aromatic heterocycles. The van der Waals surface area contributed by atoms with E-state index in [1.165, 1.54) is 20.8 Å². The van der Waals surface area contributed by atoms with Crippen LogP contribution in [0.2, 0.25) is 0 Å². The van der Waals surface area contributed by atoms with E-state index in [1.54, 1.807) is 0 Å². The number of ether oxygens (including phenoxy) is 9. The first-order valence-corrected chi connectivity index (χ1v) is 16.3. The SMILES string of the molecule is C=CC(=O)OCC(COC(=O)C(=C)C)OC(=O)c1cc(C(=O)OC(COC(=O)C=C)COC(=O)C(=C)C)nc(C(=O)OC(COC(=O)C=C)COC(=O)C(=C)C)c1. The van der Waals surface area contributed by atoms with Gasteiger partial charge in [-0.1, -0.05) is 39.5 Å². The minimum Gasteiger partial charge on any atom is -0.458 e. The fraction of sp³-hybridized carbons (Fsp3) is 0.316. The molecule has 57 heavy (non-hydrogen) atoms. The standard InChI is InChI=1S/C38H41NO18/c1-10-30(40)49-15-25(18-52-33(43)21(4)5)55-36(46)24-13-28(37(47)56-26(16-50-31(41)11-2)19-53-34(44)22(6)7)39-29(14-24)38(48)57-27(17-51-32(42)12-3)20-54-35(45)23(8)9/h10-14,25-27H,1-4,6,8,15-20H2,5,7,9H3. The van der Waals surface area contributed by atoms with Crippen LogP contribution in [0.1, 0.15) is 52.1 Å². The molecule has 1 aromatic rings. The molecule has 0 saturated heterocycles. The Morgan fingerprint density at radius 1 is 0.491 bits per heavy atom. The van der Waals surface area contributed by atoms with E-state index < -0.39 is 129 Å². The van der Waals surface area contributed by atoms with Crippen LogP contribution in [-0.2, 0) is 71.4 Å². The topological polar surface area (TPSA) is 250 Å². The number of hydrogen-bond donors (Lipinski definition) is 0. The molecule has 0 radical (unpaired) electrons. The van der Waals surface area contributed by atoms with E-state index in [9.17, 15) is 43.2 Å². The summed E-state index contributed by atoms with van der Waals surface area (Å²) < 4.78 is 45.8. The molecule has 3 atom stereocenters. The van der Waals surface area contributed by atoms with Gasteiger partial charge < -0.3 is 42.6 Å². The van der Waals surface area contributed by atoms with Crippen LogP contribution in [0.5, 0.6) is 0 Å². The third-order valence-electron chi connectivity index (χ3n) is 6.28. The Labute approximate surface area is 326 Å². The van der Waals surface area contributed by atoms with Crippen molar-refractivity contribution < 1.29 is 85.8 Å². The van der Waals surface area contributed by atoms with Crippen molar-refractivity contribution in [1.29, 1.82) is 0 Å². The maximum atomic E-state index is 13.5. The first-order chi connectivity index (χ1) is 26.8.